The third kappa shape index (κ3) is 4.22. The number of ether oxygens (including phenoxy) is 2. The predicted octanol–water partition coefficient (Wildman–Crippen LogP) is 2.79. The molecule has 1 unspecified atom stereocenters. The molecule has 0 amide bonds. The van der Waals surface area contributed by atoms with Gasteiger partial charge in [0.25, 0.3) is 0 Å². The van der Waals surface area contributed by atoms with Crippen molar-refractivity contribution in [3.63, 3.8) is 0 Å². The number of halogens is 1. The van der Waals surface area contributed by atoms with Gasteiger partial charge in [0.05, 0.1) is 25.5 Å². The van der Waals surface area contributed by atoms with Crippen molar-refractivity contribution in [3.8, 4) is 11.5 Å². The maximum Gasteiger partial charge on any atom is 0.421 e. The van der Waals surface area contributed by atoms with Crippen LogP contribution < -0.4 is 15.2 Å². The number of oxazole rings is 1. The van der Waals surface area contributed by atoms with Crippen molar-refractivity contribution in [1.82, 2.24) is 9.55 Å². The molecule has 8 nitrogen and oxygen atoms in total. The van der Waals surface area contributed by atoms with Crippen molar-refractivity contribution in [1.29, 1.82) is 0 Å². The van der Waals surface area contributed by atoms with Gasteiger partial charge in [-0.2, -0.15) is 0 Å². The first-order valence-electron chi connectivity index (χ1n) is 8.38. The van der Waals surface area contributed by atoms with Crippen molar-refractivity contribution in [2.75, 3.05) is 25.7 Å². The SMILES string of the molecule is CCOc1cc(C(CS(C)(=O)=O)n2c(=O)oc3cc(Br)cnc32)ccc1OC. The second kappa shape index (κ2) is 7.96. The molecule has 3 rings (SSSR count). The molecule has 3 aromatic rings. The second-order valence-electron chi connectivity index (χ2n) is 6.16. The van der Waals surface area contributed by atoms with Crippen molar-refractivity contribution >= 4 is 37.0 Å². The highest BCUT2D eigenvalue weighted by Crippen LogP contribution is 2.33. The number of pyridine rings is 1. The monoisotopic (exact) mass is 470 g/mol. The van der Waals surface area contributed by atoms with Crippen LogP contribution in [-0.2, 0) is 9.84 Å². The lowest BCUT2D eigenvalue weighted by Crippen LogP contribution is -2.27. The fraction of sp³-hybridized carbons (Fsp3) is 0.333. The van der Waals surface area contributed by atoms with Crippen LogP contribution in [0.25, 0.3) is 11.2 Å². The van der Waals surface area contributed by atoms with Gasteiger partial charge in [0, 0.05) is 23.0 Å². The zero-order chi connectivity index (χ0) is 20.5. The first kappa shape index (κ1) is 20.4. The Kier molecular flexibility index (Phi) is 5.80. The lowest BCUT2D eigenvalue weighted by molar-refractivity contribution is 0.310. The maximum atomic E-state index is 12.6. The Hall–Kier alpha value is -2.33. The van der Waals surface area contributed by atoms with Crippen molar-refractivity contribution in [2.45, 2.75) is 13.0 Å². The van der Waals surface area contributed by atoms with E-state index in [1.165, 1.54) is 17.9 Å². The number of aromatic nitrogens is 2. The molecule has 0 aliphatic carbocycles. The smallest absolute Gasteiger partial charge is 0.421 e. The molecule has 0 spiro atoms. The van der Waals surface area contributed by atoms with Crippen LogP contribution in [0.15, 0.2) is 44.1 Å². The van der Waals surface area contributed by atoms with E-state index in [9.17, 15) is 13.2 Å². The average Bonchev–Trinajstić information content (AvgIpc) is 2.94. The highest BCUT2D eigenvalue weighted by Gasteiger charge is 2.26. The summed E-state index contributed by atoms with van der Waals surface area (Å²) in [6.07, 6.45) is 2.63. The van der Waals surface area contributed by atoms with Gasteiger partial charge >= 0.3 is 5.76 Å². The Bertz CT molecular complexity index is 1170. The van der Waals surface area contributed by atoms with Crippen molar-refractivity contribution in [2.24, 2.45) is 0 Å². The topological polar surface area (TPSA) is 101 Å². The van der Waals surface area contributed by atoms with Crippen LogP contribution in [0.2, 0.25) is 0 Å². The Morgan fingerprint density at radius 1 is 1.29 bits per heavy atom. The van der Waals surface area contributed by atoms with Crippen molar-refractivity contribution in [3.05, 3.63) is 51.0 Å². The molecule has 28 heavy (non-hydrogen) atoms. The summed E-state index contributed by atoms with van der Waals surface area (Å²) in [7, 11) is -1.93. The summed E-state index contributed by atoms with van der Waals surface area (Å²) in [6, 6.07) is 5.80. The van der Waals surface area contributed by atoms with Gasteiger partial charge in [-0.3, -0.25) is 0 Å². The van der Waals surface area contributed by atoms with Gasteiger partial charge in [0.15, 0.2) is 22.7 Å². The number of fused-ring (bicyclic) bond motifs is 1. The average molecular weight is 471 g/mol. The number of nitrogens with zero attached hydrogens (tertiary/aromatic N) is 2. The quantitative estimate of drug-likeness (QED) is 0.523. The predicted molar refractivity (Wildman–Crippen MR) is 108 cm³/mol. The first-order chi connectivity index (χ1) is 13.2. The first-order valence-corrected chi connectivity index (χ1v) is 11.2. The number of sulfone groups is 1. The fourth-order valence-corrected chi connectivity index (χ4v) is 4.17. The lowest BCUT2D eigenvalue weighted by Gasteiger charge is -2.19. The zero-order valence-electron chi connectivity index (χ0n) is 15.5. The van der Waals surface area contributed by atoms with Gasteiger partial charge in [-0.1, -0.05) is 6.07 Å². The minimum Gasteiger partial charge on any atom is -0.493 e. The Morgan fingerprint density at radius 3 is 2.68 bits per heavy atom. The van der Waals surface area contributed by atoms with Gasteiger partial charge in [0.2, 0.25) is 0 Å². The summed E-state index contributed by atoms with van der Waals surface area (Å²) in [5.74, 6) is -0.0345. The zero-order valence-corrected chi connectivity index (χ0v) is 17.9. The number of hydrogen-bond acceptors (Lipinski definition) is 7. The third-order valence-corrected chi connectivity index (χ3v) is 5.42. The highest BCUT2D eigenvalue weighted by molar-refractivity contribution is 9.10. The Balaban J connectivity index is 2.23. The standard InChI is InChI=1S/C18H19BrN2O6S/c1-4-26-15-7-11(5-6-14(15)25-2)13(10-28(3,23)24)21-17-16(27-18(21)22)8-12(19)9-20-17/h5-9,13H,4,10H2,1-3H3. The Labute approximate surface area is 170 Å². The van der Waals surface area contributed by atoms with Gasteiger partial charge in [-0.05, 0) is 40.5 Å². The fourth-order valence-electron chi connectivity index (χ4n) is 2.95. The third-order valence-electron chi connectivity index (χ3n) is 4.07. The van der Waals surface area contributed by atoms with Crippen LogP contribution in [-0.4, -0.2) is 43.7 Å². The van der Waals surface area contributed by atoms with E-state index >= 15 is 0 Å². The minimum atomic E-state index is -3.44. The molecule has 0 aliphatic heterocycles. The second-order valence-corrected chi connectivity index (χ2v) is 9.27. The van der Waals surface area contributed by atoms with E-state index in [-0.39, 0.29) is 17.0 Å². The highest BCUT2D eigenvalue weighted by atomic mass is 79.9. The normalized spacial score (nSPS) is 12.9. The van der Waals surface area contributed by atoms with Crippen LogP contribution in [0.1, 0.15) is 18.5 Å². The van der Waals surface area contributed by atoms with E-state index in [0.29, 0.717) is 28.1 Å². The summed E-state index contributed by atoms with van der Waals surface area (Å²) in [5.41, 5.74) is 1.08. The molecule has 0 aliphatic rings. The summed E-state index contributed by atoms with van der Waals surface area (Å²) in [5, 5.41) is 0. The summed E-state index contributed by atoms with van der Waals surface area (Å²) in [4.78, 5) is 16.8. The largest absolute Gasteiger partial charge is 0.493 e. The summed E-state index contributed by atoms with van der Waals surface area (Å²) in [6.45, 7) is 2.23. The summed E-state index contributed by atoms with van der Waals surface area (Å²) >= 11 is 3.28. The van der Waals surface area contributed by atoms with E-state index < -0.39 is 21.6 Å². The molecule has 0 fully saturated rings. The van der Waals surface area contributed by atoms with Crippen LogP contribution in [0, 0.1) is 0 Å². The maximum absolute atomic E-state index is 12.6. The van der Waals surface area contributed by atoms with Crippen LogP contribution in [0.5, 0.6) is 11.5 Å². The molecule has 2 heterocycles. The molecule has 1 aromatic carbocycles. The van der Waals surface area contributed by atoms with E-state index in [1.54, 1.807) is 24.3 Å². The molecule has 0 radical (unpaired) electrons. The molecule has 2 aromatic heterocycles. The minimum absolute atomic E-state index is 0.260. The number of methoxy groups -OCH3 is 1. The molecule has 0 N–H and O–H groups in total. The molecule has 0 bridgehead atoms. The van der Waals surface area contributed by atoms with Gasteiger partial charge in [0.1, 0.15) is 9.84 Å². The number of rotatable bonds is 7. The van der Waals surface area contributed by atoms with Crippen LogP contribution in [0.4, 0.5) is 0 Å². The number of benzene rings is 1. The Morgan fingerprint density at radius 2 is 2.04 bits per heavy atom. The van der Waals surface area contributed by atoms with Crippen LogP contribution in [0.3, 0.4) is 0 Å². The van der Waals surface area contributed by atoms with Gasteiger partial charge < -0.3 is 13.9 Å². The van der Waals surface area contributed by atoms with E-state index in [1.807, 2.05) is 6.92 Å². The van der Waals surface area contributed by atoms with E-state index in [0.717, 1.165) is 6.26 Å². The van der Waals surface area contributed by atoms with E-state index in [4.69, 9.17) is 13.9 Å². The molecular formula is C18H19BrN2O6S. The van der Waals surface area contributed by atoms with Crippen molar-refractivity contribution < 1.29 is 22.3 Å². The number of hydrogen-bond donors (Lipinski definition) is 0. The molecular weight excluding hydrogens is 452 g/mol. The molecule has 0 saturated heterocycles. The van der Waals surface area contributed by atoms with Gasteiger partial charge in [-0.25, -0.2) is 22.8 Å². The van der Waals surface area contributed by atoms with Gasteiger partial charge in [-0.15, -0.1) is 0 Å². The lowest BCUT2D eigenvalue weighted by atomic mass is 10.1. The van der Waals surface area contributed by atoms with Crippen LogP contribution >= 0.6 is 15.9 Å². The van der Waals surface area contributed by atoms with E-state index in [2.05, 4.69) is 20.9 Å². The molecule has 1 atom stereocenters. The summed E-state index contributed by atoms with van der Waals surface area (Å²) < 4.78 is 42.3. The molecule has 150 valence electrons. The molecule has 10 heteroatoms. The molecule has 0 saturated carbocycles.